The lowest BCUT2D eigenvalue weighted by atomic mass is 9.75. The number of carbonyl (C=O) groups excluding carboxylic acids is 1. The number of hydrogen-bond donors (Lipinski definition) is 1. The van der Waals surface area contributed by atoms with Crippen molar-refractivity contribution in [1.29, 1.82) is 0 Å². The predicted molar refractivity (Wildman–Crippen MR) is 115 cm³/mol. The molecular formula is C25H25FN2O3. The molecule has 0 atom stereocenters. The number of hydrogen-bond acceptors (Lipinski definition) is 5. The van der Waals surface area contributed by atoms with Gasteiger partial charge in [0.25, 0.3) is 0 Å². The molecule has 0 saturated carbocycles. The number of aliphatic hydroxyl groups is 1. The van der Waals surface area contributed by atoms with Crippen LogP contribution in [0.25, 0.3) is 11.1 Å². The molecule has 2 aromatic heterocycles. The highest BCUT2D eigenvalue weighted by Gasteiger charge is 2.48. The third-order valence-electron chi connectivity index (χ3n) is 5.77. The molecule has 1 aromatic carbocycles. The maximum atomic E-state index is 13.2. The number of pyridine rings is 2. The molecule has 0 radical (unpaired) electrons. The van der Waals surface area contributed by atoms with Crippen molar-refractivity contribution in [1.82, 2.24) is 9.97 Å². The standard InChI is InChI=1S/C25H25FN2O3/c1-16-10-21(24(2,3)30)20(13-27-16)18-6-9-22(28-12-18)25(14-31-15-25)23(29)11-17-4-7-19(26)8-5-17/h4-10,12-13,30H,11,14-15H2,1-3H3. The van der Waals surface area contributed by atoms with Gasteiger partial charge in [-0.3, -0.25) is 14.8 Å². The van der Waals surface area contributed by atoms with Gasteiger partial charge >= 0.3 is 0 Å². The van der Waals surface area contributed by atoms with Crippen molar-refractivity contribution >= 4 is 5.78 Å². The summed E-state index contributed by atoms with van der Waals surface area (Å²) in [6, 6.07) is 11.6. The van der Waals surface area contributed by atoms with Crippen LogP contribution in [0.5, 0.6) is 0 Å². The maximum Gasteiger partial charge on any atom is 0.154 e. The van der Waals surface area contributed by atoms with Crippen LogP contribution in [0.15, 0.2) is 54.9 Å². The first-order valence-corrected chi connectivity index (χ1v) is 10.2. The lowest BCUT2D eigenvalue weighted by molar-refractivity contribution is -0.142. The Morgan fingerprint density at radius 1 is 1.13 bits per heavy atom. The first-order valence-electron chi connectivity index (χ1n) is 10.2. The molecule has 1 saturated heterocycles. The Kier molecular flexibility index (Phi) is 5.45. The van der Waals surface area contributed by atoms with Crippen LogP contribution in [0, 0.1) is 12.7 Å². The number of ether oxygens (including phenoxy) is 1. The van der Waals surface area contributed by atoms with E-state index in [0.717, 1.165) is 27.9 Å². The summed E-state index contributed by atoms with van der Waals surface area (Å²) in [6.07, 6.45) is 3.64. The van der Waals surface area contributed by atoms with Crippen molar-refractivity contribution in [3.05, 3.63) is 83.2 Å². The molecule has 1 N–H and O–H groups in total. The number of nitrogens with zero attached hydrogens (tertiary/aromatic N) is 2. The average molecular weight is 420 g/mol. The summed E-state index contributed by atoms with van der Waals surface area (Å²) in [5.41, 5.74) is 2.79. The number of aryl methyl sites for hydroxylation is 1. The van der Waals surface area contributed by atoms with E-state index in [1.54, 1.807) is 38.4 Å². The van der Waals surface area contributed by atoms with Gasteiger partial charge in [0.1, 0.15) is 11.2 Å². The normalized spacial score (nSPS) is 15.4. The van der Waals surface area contributed by atoms with Crippen molar-refractivity contribution < 1.29 is 19.0 Å². The summed E-state index contributed by atoms with van der Waals surface area (Å²) in [4.78, 5) is 22.1. The monoisotopic (exact) mass is 420 g/mol. The van der Waals surface area contributed by atoms with Crippen LogP contribution in [0.4, 0.5) is 4.39 Å². The number of Topliss-reactive ketones (excluding diaryl/α,β-unsaturated/α-hetero) is 1. The largest absolute Gasteiger partial charge is 0.386 e. The zero-order chi connectivity index (χ0) is 22.2. The molecule has 3 aromatic rings. The Morgan fingerprint density at radius 3 is 2.39 bits per heavy atom. The molecule has 160 valence electrons. The van der Waals surface area contributed by atoms with Crippen LogP contribution in [0.3, 0.4) is 0 Å². The first-order chi connectivity index (χ1) is 14.7. The van der Waals surface area contributed by atoms with Gasteiger partial charge in [-0.05, 0) is 56.2 Å². The van der Waals surface area contributed by atoms with Crippen LogP contribution < -0.4 is 0 Å². The molecule has 1 aliphatic heterocycles. The van der Waals surface area contributed by atoms with Crippen molar-refractivity contribution in [2.24, 2.45) is 0 Å². The second kappa shape index (κ2) is 7.94. The molecule has 6 heteroatoms. The van der Waals surface area contributed by atoms with E-state index < -0.39 is 11.0 Å². The molecule has 0 unspecified atom stereocenters. The van der Waals surface area contributed by atoms with Gasteiger partial charge in [0.05, 0.1) is 24.5 Å². The van der Waals surface area contributed by atoms with E-state index in [-0.39, 0.29) is 31.2 Å². The van der Waals surface area contributed by atoms with Gasteiger partial charge in [-0.2, -0.15) is 0 Å². The van der Waals surface area contributed by atoms with Crippen molar-refractivity contribution in [3.63, 3.8) is 0 Å². The summed E-state index contributed by atoms with van der Waals surface area (Å²) in [5.74, 6) is -0.328. The fourth-order valence-corrected chi connectivity index (χ4v) is 3.85. The minimum absolute atomic E-state index is 0.000193. The molecule has 5 nitrogen and oxygen atoms in total. The minimum atomic E-state index is -1.03. The number of aromatic nitrogens is 2. The van der Waals surface area contributed by atoms with E-state index >= 15 is 0 Å². The molecule has 0 spiro atoms. The van der Waals surface area contributed by atoms with E-state index in [1.807, 2.05) is 25.1 Å². The molecular weight excluding hydrogens is 395 g/mol. The Labute approximate surface area is 180 Å². The van der Waals surface area contributed by atoms with E-state index in [9.17, 15) is 14.3 Å². The topological polar surface area (TPSA) is 72.3 Å². The highest BCUT2D eigenvalue weighted by atomic mass is 19.1. The van der Waals surface area contributed by atoms with Crippen LogP contribution in [0.1, 0.15) is 36.4 Å². The van der Waals surface area contributed by atoms with Crippen molar-refractivity contribution in [2.75, 3.05) is 13.2 Å². The van der Waals surface area contributed by atoms with Crippen LogP contribution in [-0.2, 0) is 27.0 Å². The van der Waals surface area contributed by atoms with E-state index in [2.05, 4.69) is 9.97 Å². The fourth-order valence-electron chi connectivity index (χ4n) is 3.85. The first kappa shape index (κ1) is 21.3. The van der Waals surface area contributed by atoms with Crippen molar-refractivity contribution in [3.8, 4) is 11.1 Å². The van der Waals surface area contributed by atoms with Crippen LogP contribution >= 0.6 is 0 Å². The van der Waals surface area contributed by atoms with E-state index in [1.165, 1.54) is 12.1 Å². The molecule has 1 aliphatic rings. The number of halogens is 1. The van der Waals surface area contributed by atoms with E-state index in [0.29, 0.717) is 5.69 Å². The Morgan fingerprint density at radius 2 is 1.84 bits per heavy atom. The number of ketones is 1. The smallest absolute Gasteiger partial charge is 0.154 e. The fraction of sp³-hybridized carbons (Fsp3) is 0.320. The molecule has 3 heterocycles. The zero-order valence-electron chi connectivity index (χ0n) is 17.9. The molecule has 0 amide bonds. The highest BCUT2D eigenvalue weighted by Crippen LogP contribution is 2.36. The highest BCUT2D eigenvalue weighted by molar-refractivity contribution is 5.92. The van der Waals surface area contributed by atoms with Crippen LogP contribution in [0.2, 0.25) is 0 Å². The van der Waals surface area contributed by atoms with Gasteiger partial charge in [-0.15, -0.1) is 0 Å². The Balaban J connectivity index is 1.63. The maximum absolute atomic E-state index is 13.2. The van der Waals surface area contributed by atoms with Gasteiger partial charge in [0.15, 0.2) is 5.78 Å². The lowest BCUT2D eigenvalue weighted by Gasteiger charge is -2.39. The molecule has 31 heavy (non-hydrogen) atoms. The van der Waals surface area contributed by atoms with Gasteiger partial charge in [-0.1, -0.05) is 18.2 Å². The summed E-state index contributed by atoms with van der Waals surface area (Å²) >= 11 is 0. The summed E-state index contributed by atoms with van der Waals surface area (Å²) < 4.78 is 18.6. The van der Waals surface area contributed by atoms with Crippen LogP contribution in [-0.4, -0.2) is 34.1 Å². The van der Waals surface area contributed by atoms with Gasteiger partial charge < -0.3 is 9.84 Å². The van der Waals surface area contributed by atoms with E-state index in [4.69, 9.17) is 4.74 Å². The SMILES string of the molecule is Cc1cc(C(C)(C)O)c(-c2ccc(C3(C(=O)Cc4ccc(F)cc4)COC3)nc2)cn1. The third kappa shape index (κ3) is 4.13. The van der Waals surface area contributed by atoms with Gasteiger partial charge in [0.2, 0.25) is 0 Å². The molecule has 4 rings (SSSR count). The van der Waals surface area contributed by atoms with Gasteiger partial charge in [0, 0.05) is 35.6 Å². The second-order valence-electron chi connectivity index (χ2n) is 8.66. The van der Waals surface area contributed by atoms with Crippen molar-refractivity contribution in [2.45, 2.75) is 38.2 Å². The van der Waals surface area contributed by atoms with Gasteiger partial charge in [-0.25, -0.2) is 4.39 Å². The quantitative estimate of drug-likeness (QED) is 0.655. The number of benzene rings is 1. The average Bonchev–Trinajstić information content (AvgIpc) is 2.69. The summed E-state index contributed by atoms with van der Waals surface area (Å²) in [7, 11) is 0. The number of carbonyl (C=O) groups is 1. The molecule has 1 fully saturated rings. The lowest BCUT2D eigenvalue weighted by Crippen LogP contribution is -2.54. The molecule has 0 bridgehead atoms. The summed E-state index contributed by atoms with van der Waals surface area (Å²) in [5, 5.41) is 10.6. The molecule has 0 aliphatic carbocycles. The number of rotatable bonds is 6. The Hall–Kier alpha value is -2.96. The minimum Gasteiger partial charge on any atom is -0.386 e. The second-order valence-corrected chi connectivity index (χ2v) is 8.66. The predicted octanol–water partition coefficient (Wildman–Crippen LogP) is 3.90. The Bertz CT molecular complexity index is 1100. The third-order valence-corrected chi connectivity index (χ3v) is 5.77. The summed E-state index contributed by atoms with van der Waals surface area (Å²) in [6.45, 7) is 5.91. The zero-order valence-corrected chi connectivity index (χ0v) is 17.9.